The normalized spacial score (nSPS) is 14.0. The summed E-state index contributed by atoms with van der Waals surface area (Å²) in [4.78, 5) is 8.51. The molecule has 1 saturated carbocycles. The number of rotatable bonds is 4. The van der Waals surface area contributed by atoms with E-state index in [2.05, 4.69) is 19.6 Å². The molecule has 2 aromatic carbocycles. The van der Waals surface area contributed by atoms with Gasteiger partial charge in [-0.1, -0.05) is 11.6 Å². The van der Waals surface area contributed by atoms with Gasteiger partial charge in [0.05, 0.1) is 22.8 Å². The summed E-state index contributed by atoms with van der Waals surface area (Å²) in [5.74, 6) is -0.503. The van der Waals surface area contributed by atoms with E-state index in [-0.39, 0.29) is 6.54 Å². The van der Waals surface area contributed by atoms with Crippen LogP contribution >= 0.6 is 11.6 Å². The fraction of sp³-hybridized carbons (Fsp3) is 0.174. The van der Waals surface area contributed by atoms with Crippen molar-refractivity contribution in [3.05, 3.63) is 71.3 Å². The van der Waals surface area contributed by atoms with E-state index in [0.717, 1.165) is 12.8 Å². The minimum Gasteiger partial charge on any atom is -0.383 e. The van der Waals surface area contributed by atoms with Gasteiger partial charge in [-0.3, -0.25) is 4.68 Å². The standard InChI is InChI=1S/C23H17ClF2N6/c24-13-5-12(6-14(25)7-13)8-31-9-18-19(30-31)4-3-16(21(18)26)17-10-32(15-1-2-15)23-20(17)22(27)28-11-29-23/h3-7,9-11,15H,1-2,8H2,(H2,27,28,29). The fourth-order valence-electron chi connectivity index (χ4n) is 4.23. The molecule has 1 fully saturated rings. The number of hydrogen-bond donors (Lipinski definition) is 1. The lowest BCUT2D eigenvalue weighted by Crippen LogP contribution is -2.00. The molecule has 3 aromatic heterocycles. The highest BCUT2D eigenvalue weighted by molar-refractivity contribution is 6.30. The maximum Gasteiger partial charge on any atom is 0.146 e. The zero-order valence-corrected chi connectivity index (χ0v) is 17.5. The monoisotopic (exact) mass is 450 g/mol. The van der Waals surface area contributed by atoms with Gasteiger partial charge in [-0.25, -0.2) is 18.7 Å². The minimum absolute atomic E-state index is 0.267. The zero-order chi connectivity index (χ0) is 22.0. The lowest BCUT2D eigenvalue weighted by Gasteiger charge is -2.03. The summed E-state index contributed by atoms with van der Waals surface area (Å²) in [6, 6.07) is 8.11. The molecular formula is C23H17ClF2N6. The smallest absolute Gasteiger partial charge is 0.146 e. The first kappa shape index (κ1) is 19.2. The van der Waals surface area contributed by atoms with Crippen molar-refractivity contribution in [2.24, 2.45) is 0 Å². The molecule has 0 bridgehead atoms. The Labute approximate surface area is 186 Å². The van der Waals surface area contributed by atoms with E-state index in [1.807, 2.05) is 6.20 Å². The second-order valence-electron chi connectivity index (χ2n) is 8.10. The van der Waals surface area contributed by atoms with Crippen LogP contribution in [0.3, 0.4) is 0 Å². The molecular weight excluding hydrogens is 434 g/mol. The number of fused-ring (bicyclic) bond motifs is 2. The first-order valence-corrected chi connectivity index (χ1v) is 10.6. The van der Waals surface area contributed by atoms with Crippen LogP contribution in [0.4, 0.5) is 14.6 Å². The van der Waals surface area contributed by atoms with Crippen LogP contribution in [0.15, 0.2) is 49.1 Å². The molecule has 3 heterocycles. The summed E-state index contributed by atoms with van der Waals surface area (Å²) >= 11 is 5.95. The number of halogens is 3. The Kier molecular flexibility index (Phi) is 4.19. The molecule has 9 heteroatoms. The Bertz CT molecular complexity index is 1500. The van der Waals surface area contributed by atoms with Crippen molar-refractivity contribution in [3.63, 3.8) is 0 Å². The molecule has 160 valence electrons. The molecule has 0 unspecified atom stereocenters. The lowest BCUT2D eigenvalue weighted by atomic mass is 10.0. The van der Waals surface area contributed by atoms with Crippen LogP contribution in [0.1, 0.15) is 24.4 Å². The van der Waals surface area contributed by atoms with E-state index in [9.17, 15) is 4.39 Å². The molecule has 0 amide bonds. The second kappa shape index (κ2) is 7.00. The van der Waals surface area contributed by atoms with E-state index in [4.69, 9.17) is 17.3 Å². The average molecular weight is 451 g/mol. The van der Waals surface area contributed by atoms with Gasteiger partial charge in [-0.2, -0.15) is 5.10 Å². The number of benzene rings is 2. The molecule has 0 saturated heterocycles. The van der Waals surface area contributed by atoms with Crippen molar-refractivity contribution in [3.8, 4) is 11.1 Å². The fourth-order valence-corrected chi connectivity index (χ4v) is 4.48. The number of hydrogen-bond acceptors (Lipinski definition) is 4. The predicted octanol–water partition coefficient (Wildman–Crippen LogP) is 5.35. The Morgan fingerprint density at radius 3 is 2.69 bits per heavy atom. The maximum atomic E-state index is 15.7. The van der Waals surface area contributed by atoms with Gasteiger partial charge in [-0.05, 0) is 48.7 Å². The molecule has 6 nitrogen and oxygen atoms in total. The Morgan fingerprint density at radius 2 is 1.91 bits per heavy atom. The van der Waals surface area contributed by atoms with Crippen LogP contribution < -0.4 is 5.73 Å². The average Bonchev–Trinajstić information content (AvgIpc) is 3.38. The summed E-state index contributed by atoms with van der Waals surface area (Å²) in [7, 11) is 0. The highest BCUT2D eigenvalue weighted by Crippen LogP contribution is 2.43. The maximum absolute atomic E-state index is 15.7. The number of nitrogen functional groups attached to an aromatic ring is 1. The highest BCUT2D eigenvalue weighted by Gasteiger charge is 2.28. The van der Waals surface area contributed by atoms with Gasteiger partial charge < -0.3 is 10.3 Å². The molecule has 5 aromatic rings. The van der Waals surface area contributed by atoms with Gasteiger partial charge in [0.25, 0.3) is 0 Å². The lowest BCUT2D eigenvalue weighted by molar-refractivity contribution is 0.619. The van der Waals surface area contributed by atoms with Crippen molar-refractivity contribution in [2.75, 3.05) is 5.73 Å². The number of nitrogens with zero attached hydrogens (tertiary/aromatic N) is 5. The molecule has 1 aliphatic carbocycles. The van der Waals surface area contributed by atoms with Gasteiger partial charge in [0.1, 0.15) is 29.4 Å². The predicted molar refractivity (Wildman–Crippen MR) is 119 cm³/mol. The van der Waals surface area contributed by atoms with Gasteiger partial charge in [0.2, 0.25) is 0 Å². The van der Waals surface area contributed by atoms with Crippen LogP contribution in [0.2, 0.25) is 5.02 Å². The summed E-state index contributed by atoms with van der Waals surface area (Å²) < 4.78 is 33.0. The Morgan fingerprint density at radius 1 is 1.06 bits per heavy atom. The third-order valence-electron chi connectivity index (χ3n) is 5.81. The largest absolute Gasteiger partial charge is 0.383 e. The van der Waals surface area contributed by atoms with Crippen molar-refractivity contribution in [1.29, 1.82) is 0 Å². The van der Waals surface area contributed by atoms with Crippen molar-refractivity contribution < 1.29 is 8.78 Å². The molecule has 0 radical (unpaired) electrons. The minimum atomic E-state index is -0.426. The third kappa shape index (κ3) is 3.10. The van der Waals surface area contributed by atoms with Crippen LogP contribution in [-0.4, -0.2) is 24.3 Å². The molecule has 32 heavy (non-hydrogen) atoms. The van der Waals surface area contributed by atoms with Crippen LogP contribution in [0, 0.1) is 11.6 Å². The quantitative estimate of drug-likeness (QED) is 0.401. The van der Waals surface area contributed by atoms with Gasteiger partial charge >= 0.3 is 0 Å². The first-order valence-electron chi connectivity index (χ1n) is 10.2. The molecule has 2 N–H and O–H groups in total. The SMILES string of the molecule is Nc1ncnc2c1c(-c1ccc3nn(Cc4cc(F)cc(Cl)c4)cc3c1F)cn2C1CC1. The second-order valence-corrected chi connectivity index (χ2v) is 8.54. The topological polar surface area (TPSA) is 74.6 Å². The summed E-state index contributed by atoms with van der Waals surface area (Å²) in [5.41, 5.74) is 9.09. The molecule has 1 aliphatic rings. The molecule has 0 spiro atoms. The molecule has 0 aliphatic heterocycles. The van der Waals surface area contributed by atoms with Gasteiger partial charge in [0.15, 0.2) is 0 Å². The highest BCUT2D eigenvalue weighted by atomic mass is 35.5. The van der Waals surface area contributed by atoms with E-state index in [1.165, 1.54) is 18.5 Å². The number of anilines is 1. The van der Waals surface area contributed by atoms with Crippen molar-refractivity contribution >= 4 is 39.4 Å². The molecule has 0 atom stereocenters. The van der Waals surface area contributed by atoms with E-state index in [1.54, 1.807) is 29.1 Å². The first-order chi connectivity index (χ1) is 15.5. The van der Waals surface area contributed by atoms with Gasteiger partial charge in [-0.15, -0.1) is 0 Å². The van der Waals surface area contributed by atoms with Gasteiger partial charge in [0, 0.05) is 34.6 Å². The third-order valence-corrected chi connectivity index (χ3v) is 6.03. The Balaban J connectivity index is 1.47. The zero-order valence-electron chi connectivity index (χ0n) is 16.8. The number of aromatic nitrogens is 5. The van der Waals surface area contributed by atoms with Crippen molar-refractivity contribution in [1.82, 2.24) is 24.3 Å². The summed E-state index contributed by atoms with van der Waals surface area (Å²) in [5, 5.41) is 5.77. The van der Waals surface area contributed by atoms with E-state index < -0.39 is 11.6 Å². The number of nitrogens with two attached hydrogens (primary N) is 1. The summed E-state index contributed by atoms with van der Waals surface area (Å²) in [6.07, 6.45) is 7.09. The van der Waals surface area contributed by atoms with E-state index >= 15 is 4.39 Å². The van der Waals surface area contributed by atoms with E-state index in [0.29, 0.717) is 55.5 Å². The van der Waals surface area contributed by atoms with Crippen LogP contribution in [0.5, 0.6) is 0 Å². The molecule has 6 rings (SSSR count). The van der Waals surface area contributed by atoms with Crippen molar-refractivity contribution in [2.45, 2.75) is 25.4 Å². The summed E-state index contributed by atoms with van der Waals surface area (Å²) in [6.45, 7) is 0.267. The van der Waals surface area contributed by atoms with Crippen LogP contribution in [0.25, 0.3) is 33.1 Å². The van der Waals surface area contributed by atoms with Crippen LogP contribution in [-0.2, 0) is 6.54 Å². The Hall–Kier alpha value is -3.52.